The lowest BCUT2D eigenvalue weighted by atomic mass is 9.99. The summed E-state index contributed by atoms with van der Waals surface area (Å²) in [6.07, 6.45) is 3.32. The molecule has 158 valence electrons. The number of hydrogen-bond acceptors (Lipinski definition) is 4. The second-order valence-corrected chi connectivity index (χ2v) is 7.54. The summed E-state index contributed by atoms with van der Waals surface area (Å²) in [5, 5.41) is 5.70. The van der Waals surface area contributed by atoms with Crippen molar-refractivity contribution in [3.8, 4) is 11.3 Å². The largest absolute Gasteiger partial charge is 0.349 e. The molecule has 1 aliphatic carbocycles. The number of pyridine rings is 1. The Kier molecular flexibility index (Phi) is 6.04. The quantitative estimate of drug-likeness (QED) is 0.549. The molecule has 0 aliphatic heterocycles. The van der Waals surface area contributed by atoms with Gasteiger partial charge in [0.2, 0.25) is 0 Å². The predicted octanol–water partition coefficient (Wildman–Crippen LogP) is 3.17. The minimum atomic E-state index is -0.549. The third-order valence-electron chi connectivity index (χ3n) is 5.17. The van der Waals surface area contributed by atoms with E-state index in [0.717, 1.165) is 18.4 Å². The molecule has 1 aliphatic rings. The van der Waals surface area contributed by atoms with Crippen LogP contribution in [0.5, 0.6) is 0 Å². The van der Waals surface area contributed by atoms with Crippen LogP contribution in [-0.2, 0) is 13.1 Å². The van der Waals surface area contributed by atoms with E-state index in [2.05, 4.69) is 15.6 Å². The fraction of sp³-hybridized carbons (Fsp3) is 0.208. The smallest absolute Gasteiger partial charge is 0.253 e. The van der Waals surface area contributed by atoms with Gasteiger partial charge in [-0.05, 0) is 42.7 Å². The van der Waals surface area contributed by atoms with Crippen LogP contribution in [0.4, 0.5) is 4.39 Å². The Balaban J connectivity index is 1.54. The van der Waals surface area contributed by atoms with E-state index in [1.165, 1.54) is 12.3 Å². The Morgan fingerprint density at radius 2 is 1.81 bits per heavy atom. The Bertz CT molecular complexity index is 1100. The monoisotopic (exact) mass is 418 g/mol. The summed E-state index contributed by atoms with van der Waals surface area (Å²) in [6, 6.07) is 15.8. The molecule has 2 aromatic carbocycles. The Morgan fingerprint density at radius 3 is 2.45 bits per heavy atom. The number of aromatic nitrogens is 1. The summed E-state index contributed by atoms with van der Waals surface area (Å²) in [4.78, 5) is 29.1. The third-order valence-corrected chi connectivity index (χ3v) is 5.17. The predicted molar refractivity (Wildman–Crippen MR) is 116 cm³/mol. The number of carbonyl (C=O) groups is 2. The molecule has 0 atom stereocenters. The van der Waals surface area contributed by atoms with Crippen LogP contribution in [-0.4, -0.2) is 22.8 Å². The van der Waals surface area contributed by atoms with Crippen LogP contribution in [0.25, 0.3) is 11.3 Å². The van der Waals surface area contributed by atoms with E-state index in [1.54, 1.807) is 18.2 Å². The van der Waals surface area contributed by atoms with Crippen LogP contribution in [0.1, 0.15) is 44.7 Å². The van der Waals surface area contributed by atoms with Crippen LogP contribution in [0.2, 0.25) is 0 Å². The van der Waals surface area contributed by atoms with E-state index in [0.29, 0.717) is 23.4 Å². The molecule has 0 bridgehead atoms. The first-order valence-corrected chi connectivity index (χ1v) is 10.2. The fourth-order valence-electron chi connectivity index (χ4n) is 3.27. The van der Waals surface area contributed by atoms with Gasteiger partial charge in [-0.3, -0.25) is 14.6 Å². The van der Waals surface area contributed by atoms with E-state index >= 15 is 0 Å². The molecule has 4 N–H and O–H groups in total. The van der Waals surface area contributed by atoms with Crippen LogP contribution < -0.4 is 16.4 Å². The average molecular weight is 418 g/mol. The van der Waals surface area contributed by atoms with Gasteiger partial charge in [0.05, 0.1) is 11.3 Å². The Labute approximate surface area is 179 Å². The highest BCUT2D eigenvalue weighted by Gasteiger charge is 2.25. The molecule has 1 fully saturated rings. The van der Waals surface area contributed by atoms with Gasteiger partial charge in [0.15, 0.2) is 0 Å². The van der Waals surface area contributed by atoms with Crippen molar-refractivity contribution in [3.05, 3.63) is 88.9 Å². The van der Waals surface area contributed by atoms with Gasteiger partial charge in [0, 0.05) is 42.0 Å². The van der Waals surface area contributed by atoms with Crippen molar-refractivity contribution in [3.63, 3.8) is 0 Å². The number of carbonyl (C=O) groups excluding carboxylic acids is 2. The second kappa shape index (κ2) is 9.06. The van der Waals surface area contributed by atoms with Crippen LogP contribution >= 0.6 is 0 Å². The molecule has 1 saturated carbocycles. The average Bonchev–Trinajstić information content (AvgIpc) is 3.61. The van der Waals surface area contributed by atoms with Crippen LogP contribution in [0, 0.1) is 5.82 Å². The fourth-order valence-corrected chi connectivity index (χ4v) is 3.27. The van der Waals surface area contributed by atoms with Gasteiger partial charge in [-0.2, -0.15) is 0 Å². The molecule has 1 aromatic heterocycles. The van der Waals surface area contributed by atoms with Gasteiger partial charge >= 0.3 is 0 Å². The molecule has 2 amide bonds. The zero-order chi connectivity index (χ0) is 21.8. The standard InChI is InChI=1S/C24H23FN4O2/c25-21-11-17(24(31)29-18-7-8-18)10-19(20(21)12-26)22-9-6-16(14-27-22)23(30)28-13-15-4-2-1-3-5-15/h1-6,9-11,14,18H,7-8,12-13,26H2,(H,28,30)(H,29,31). The molecule has 31 heavy (non-hydrogen) atoms. The number of nitrogens with zero attached hydrogens (tertiary/aromatic N) is 1. The Morgan fingerprint density at radius 1 is 1.03 bits per heavy atom. The third kappa shape index (κ3) is 4.95. The molecule has 6 nitrogen and oxygen atoms in total. The minimum absolute atomic E-state index is 0.0350. The zero-order valence-electron chi connectivity index (χ0n) is 16.9. The molecule has 3 aromatic rings. The van der Waals surface area contributed by atoms with Gasteiger partial charge in [-0.1, -0.05) is 30.3 Å². The summed E-state index contributed by atoms with van der Waals surface area (Å²) in [5.41, 5.74) is 8.51. The SMILES string of the molecule is NCc1c(F)cc(C(=O)NC2CC2)cc1-c1ccc(C(=O)NCc2ccccc2)cn1. The molecular formula is C24H23FN4O2. The first kappa shape index (κ1) is 20.7. The maximum Gasteiger partial charge on any atom is 0.253 e. The van der Waals surface area contributed by atoms with Crippen molar-refractivity contribution in [2.24, 2.45) is 5.73 Å². The zero-order valence-corrected chi connectivity index (χ0v) is 16.9. The summed E-state index contributed by atoms with van der Waals surface area (Å²) >= 11 is 0. The highest BCUT2D eigenvalue weighted by molar-refractivity contribution is 5.96. The highest BCUT2D eigenvalue weighted by atomic mass is 19.1. The van der Waals surface area contributed by atoms with Gasteiger partial charge in [0.25, 0.3) is 11.8 Å². The molecule has 0 radical (unpaired) electrons. The van der Waals surface area contributed by atoms with Crippen molar-refractivity contribution in [1.29, 1.82) is 0 Å². The number of benzene rings is 2. The van der Waals surface area contributed by atoms with Crippen molar-refractivity contribution in [2.75, 3.05) is 0 Å². The Hall–Kier alpha value is -3.58. The number of rotatable bonds is 7. The highest BCUT2D eigenvalue weighted by Crippen LogP contribution is 2.27. The normalized spacial score (nSPS) is 13.0. The number of hydrogen-bond donors (Lipinski definition) is 3. The summed E-state index contributed by atoms with van der Waals surface area (Å²) in [6.45, 7) is 0.370. The molecule has 0 saturated heterocycles. The lowest BCUT2D eigenvalue weighted by Crippen LogP contribution is -2.25. The molecule has 1 heterocycles. The van der Waals surface area contributed by atoms with Crippen LogP contribution in [0.3, 0.4) is 0 Å². The van der Waals surface area contributed by atoms with Gasteiger partial charge in [0.1, 0.15) is 5.82 Å². The summed E-state index contributed by atoms with van der Waals surface area (Å²) < 4.78 is 14.6. The molecular weight excluding hydrogens is 395 g/mol. The molecule has 4 rings (SSSR count). The second-order valence-electron chi connectivity index (χ2n) is 7.54. The summed E-state index contributed by atoms with van der Waals surface area (Å²) in [7, 11) is 0. The van der Waals surface area contributed by atoms with E-state index in [1.807, 2.05) is 30.3 Å². The van der Waals surface area contributed by atoms with E-state index in [4.69, 9.17) is 5.73 Å². The van der Waals surface area contributed by atoms with Crippen molar-refractivity contribution >= 4 is 11.8 Å². The van der Waals surface area contributed by atoms with Gasteiger partial charge in [-0.25, -0.2) is 4.39 Å². The van der Waals surface area contributed by atoms with Gasteiger partial charge < -0.3 is 16.4 Å². The lowest BCUT2D eigenvalue weighted by molar-refractivity contribution is 0.0942. The van der Waals surface area contributed by atoms with Crippen molar-refractivity contribution in [1.82, 2.24) is 15.6 Å². The lowest BCUT2D eigenvalue weighted by Gasteiger charge is -2.12. The molecule has 0 unspecified atom stereocenters. The van der Waals surface area contributed by atoms with Gasteiger partial charge in [-0.15, -0.1) is 0 Å². The maximum absolute atomic E-state index is 14.6. The topological polar surface area (TPSA) is 97.1 Å². The van der Waals surface area contributed by atoms with Crippen molar-refractivity contribution < 1.29 is 14.0 Å². The number of halogens is 1. The van der Waals surface area contributed by atoms with E-state index in [9.17, 15) is 14.0 Å². The van der Waals surface area contributed by atoms with E-state index < -0.39 is 5.82 Å². The van der Waals surface area contributed by atoms with Crippen LogP contribution in [0.15, 0.2) is 60.8 Å². The number of nitrogens with two attached hydrogens (primary N) is 1. The number of nitrogens with one attached hydrogen (secondary N) is 2. The molecule has 0 spiro atoms. The number of amides is 2. The first-order chi connectivity index (χ1) is 15.0. The first-order valence-electron chi connectivity index (χ1n) is 10.2. The summed E-state index contributed by atoms with van der Waals surface area (Å²) in [5.74, 6) is -1.12. The van der Waals surface area contributed by atoms with Crippen molar-refractivity contribution in [2.45, 2.75) is 32.0 Å². The van der Waals surface area contributed by atoms with E-state index in [-0.39, 0.29) is 35.5 Å². The maximum atomic E-state index is 14.6. The minimum Gasteiger partial charge on any atom is -0.349 e. The molecule has 7 heteroatoms.